The van der Waals surface area contributed by atoms with E-state index in [0.717, 1.165) is 6.07 Å². The van der Waals surface area contributed by atoms with Gasteiger partial charge in [-0.15, -0.1) is 0 Å². The van der Waals surface area contributed by atoms with Crippen molar-refractivity contribution < 1.29 is 41.5 Å². The summed E-state index contributed by atoms with van der Waals surface area (Å²) in [6, 6.07) is 1.91. The Labute approximate surface area is 194 Å². The van der Waals surface area contributed by atoms with Crippen LogP contribution in [0, 0.1) is 5.82 Å². The minimum Gasteiger partial charge on any atom is -0.480 e. The number of ether oxygens (including phenoxy) is 2. The Morgan fingerprint density at radius 3 is 2.63 bits per heavy atom. The molecule has 0 radical (unpaired) electrons. The molecule has 35 heavy (non-hydrogen) atoms. The average molecular weight is 495 g/mol. The molecule has 0 saturated carbocycles. The molecule has 14 heteroatoms. The van der Waals surface area contributed by atoms with E-state index in [2.05, 4.69) is 20.1 Å². The van der Waals surface area contributed by atoms with E-state index >= 15 is 0 Å². The highest BCUT2D eigenvalue weighted by Crippen LogP contribution is 2.42. The third-order valence-corrected chi connectivity index (χ3v) is 5.20. The summed E-state index contributed by atoms with van der Waals surface area (Å²) in [6.45, 7) is 1.21. The average Bonchev–Trinajstić information content (AvgIpc) is 3.28. The first-order chi connectivity index (χ1) is 16.5. The molecule has 1 aliphatic rings. The van der Waals surface area contributed by atoms with Gasteiger partial charge in [-0.1, -0.05) is 5.16 Å². The lowest BCUT2D eigenvalue weighted by Gasteiger charge is -2.38. The number of benzene rings is 1. The number of amidine groups is 1. The number of halogens is 4. The Kier molecular flexibility index (Phi) is 6.05. The van der Waals surface area contributed by atoms with Crippen LogP contribution in [-0.4, -0.2) is 51.7 Å². The number of hydrogen-bond donors (Lipinski definition) is 2. The van der Waals surface area contributed by atoms with Gasteiger partial charge in [-0.05, 0) is 25.1 Å². The number of methoxy groups -OCH3 is 1. The zero-order valence-corrected chi connectivity index (χ0v) is 18.1. The highest BCUT2D eigenvalue weighted by molar-refractivity contribution is 5.90. The van der Waals surface area contributed by atoms with E-state index in [1.165, 1.54) is 44.6 Å². The highest BCUT2D eigenvalue weighted by atomic mass is 19.4. The molecule has 3 aromatic rings. The van der Waals surface area contributed by atoms with Gasteiger partial charge in [-0.3, -0.25) is 0 Å². The van der Waals surface area contributed by atoms with Crippen molar-refractivity contribution in [2.45, 2.75) is 31.2 Å². The minimum atomic E-state index is -4.82. The van der Waals surface area contributed by atoms with Crippen LogP contribution < -0.4 is 10.1 Å². The van der Waals surface area contributed by atoms with Crippen molar-refractivity contribution in [3.8, 4) is 28.6 Å². The molecule has 1 aliphatic heterocycles. The van der Waals surface area contributed by atoms with E-state index < -0.39 is 42.2 Å². The van der Waals surface area contributed by atoms with E-state index in [0.29, 0.717) is 17.3 Å². The SMILES string of the molecule is COc1cnc(-c2cc(-c3ccc(F)c([C@]4(C)C[C@@H](C(F)(F)F)N=C(NC(=O)O)O4)c3)on2)cn1. The third-order valence-electron chi connectivity index (χ3n) is 5.20. The fraction of sp³-hybridized carbons (Fsp3) is 0.286. The maximum atomic E-state index is 14.9. The van der Waals surface area contributed by atoms with Gasteiger partial charge in [0.25, 0.3) is 6.02 Å². The zero-order valence-electron chi connectivity index (χ0n) is 18.1. The van der Waals surface area contributed by atoms with E-state index in [-0.39, 0.29) is 16.9 Å². The first-order valence-corrected chi connectivity index (χ1v) is 9.95. The Morgan fingerprint density at radius 2 is 2.00 bits per heavy atom. The predicted molar refractivity (Wildman–Crippen MR) is 111 cm³/mol. The standard InChI is InChI=1S/C21H17F4N5O5/c1-20(7-16(21(23,24)25)28-18(34-20)29-19(31)32)11-5-10(3-4-12(11)22)15-6-13(30-35-15)14-8-27-17(33-2)9-26-14/h3-6,8-9,16H,7H2,1-2H3,(H,28,29)(H,31,32)/t16-,20-/m0/s1. The topological polar surface area (TPSA) is 132 Å². The van der Waals surface area contributed by atoms with Crippen LogP contribution in [0.2, 0.25) is 0 Å². The van der Waals surface area contributed by atoms with Gasteiger partial charge in [0.1, 0.15) is 22.8 Å². The van der Waals surface area contributed by atoms with E-state index in [4.69, 9.17) is 19.1 Å². The second-order valence-electron chi connectivity index (χ2n) is 7.67. The van der Waals surface area contributed by atoms with Crippen molar-refractivity contribution in [3.05, 3.63) is 48.0 Å². The molecule has 4 rings (SSSR count). The van der Waals surface area contributed by atoms with E-state index in [9.17, 15) is 22.4 Å². The highest BCUT2D eigenvalue weighted by Gasteiger charge is 2.50. The van der Waals surface area contributed by atoms with Gasteiger partial charge in [-0.2, -0.15) is 13.2 Å². The quantitative estimate of drug-likeness (QED) is 0.517. The van der Waals surface area contributed by atoms with Gasteiger partial charge >= 0.3 is 12.3 Å². The number of nitrogens with zero attached hydrogens (tertiary/aromatic N) is 4. The molecule has 2 aromatic heterocycles. The van der Waals surface area contributed by atoms with Crippen LogP contribution in [0.4, 0.5) is 22.4 Å². The molecule has 0 fully saturated rings. The number of alkyl halides is 3. The molecule has 0 unspecified atom stereocenters. The molecule has 3 heterocycles. The molecule has 0 bridgehead atoms. The van der Waals surface area contributed by atoms with Crippen LogP contribution >= 0.6 is 0 Å². The predicted octanol–water partition coefficient (Wildman–Crippen LogP) is 4.14. The number of carbonyl (C=O) groups is 1. The number of aromatic nitrogens is 3. The summed E-state index contributed by atoms with van der Waals surface area (Å²) in [5, 5.41) is 14.5. The van der Waals surface area contributed by atoms with Gasteiger partial charge in [0.05, 0.1) is 19.5 Å². The Balaban J connectivity index is 1.69. The molecule has 1 aromatic carbocycles. The second kappa shape index (κ2) is 8.85. The number of amides is 1. The Hall–Kier alpha value is -4.23. The number of carboxylic acid groups (broad SMARTS) is 1. The smallest absolute Gasteiger partial charge is 0.412 e. The van der Waals surface area contributed by atoms with Crippen LogP contribution in [0.5, 0.6) is 5.88 Å². The first kappa shape index (κ1) is 23.9. The summed E-state index contributed by atoms with van der Waals surface area (Å²) in [5.74, 6) is -0.406. The summed E-state index contributed by atoms with van der Waals surface area (Å²) in [4.78, 5) is 22.4. The molecule has 0 saturated heterocycles. The molecule has 0 spiro atoms. The summed E-state index contributed by atoms with van der Waals surface area (Å²) in [5.41, 5.74) is -1.22. The molecule has 2 atom stereocenters. The van der Waals surface area contributed by atoms with Gasteiger partial charge < -0.3 is 19.1 Å². The molecule has 1 amide bonds. The van der Waals surface area contributed by atoms with Crippen LogP contribution in [0.25, 0.3) is 22.7 Å². The van der Waals surface area contributed by atoms with Crippen LogP contribution in [-0.2, 0) is 10.3 Å². The lowest BCUT2D eigenvalue weighted by atomic mass is 9.86. The summed E-state index contributed by atoms with van der Waals surface area (Å²) in [6.07, 6.45) is -4.50. The first-order valence-electron chi connectivity index (χ1n) is 9.95. The number of nitrogens with one attached hydrogen (secondary N) is 1. The van der Waals surface area contributed by atoms with Gasteiger partial charge in [0, 0.05) is 23.6 Å². The van der Waals surface area contributed by atoms with Crippen molar-refractivity contribution in [2.75, 3.05) is 7.11 Å². The van der Waals surface area contributed by atoms with Crippen molar-refractivity contribution in [3.63, 3.8) is 0 Å². The van der Waals surface area contributed by atoms with E-state index in [1.807, 2.05) is 0 Å². The largest absolute Gasteiger partial charge is 0.480 e. The second-order valence-corrected chi connectivity index (χ2v) is 7.67. The summed E-state index contributed by atoms with van der Waals surface area (Å²) >= 11 is 0. The third kappa shape index (κ3) is 5.00. The van der Waals surface area contributed by atoms with Crippen molar-refractivity contribution >= 4 is 12.1 Å². The van der Waals surface area contributed by atoms with Crippen molar-refractivity contribution in [1.29, 1.82) is 0 Å². The maximum Gasteiger partial charge on any atom is 0.412 e. The summed E-state index contributed by atoms with van der Waals surface area (Å²) < 4.78 is 71.0. The molecule has 0 aliphatic carbocycles. The fourth-order valence-corrected chi connectivity index (χ4v) is 3.51. The lowest BCUT2D eigenvalue weighted by Crippen LogP contribution is -2.48. The minimum absolute atomic E-state index is 0.170. The van der Waals surface area contributed by atoms with Gasteiger partial charge in [0.15, 0.2) is 11.8 Å². The van der Waals surface area contributed by atoms with Crippen molar-refractivity contribution in [1.82, 2.24) is 20.4 Å². The monoisotopic (exact) mass is 495 g/mol. The maximum absolute atomic E-state index is 14.9. The summed E-state index contributed by atoms with van der Waals surface area (Å²) in [7, 11) is 1.43. The van der Waals surface area contributed by atoms with Gasteiger partial charge in [-0.25, -0.2) is 29.5 Å². The number of hydrogen-bond acceptors (Lipinski definition) is 8. The molecular formula is C21H17F4N5O5. The molecule has 184 valence electrons. The number of aliphatic imine (C=N–C) groups is 1. The zero-order chi connectivity index (χ0) is 25.4. The Bertz CT molecular complexity index is 1280. The Morgan fingerprint density at radius 1 is 1.23 bits per heavy atom. The molecular weight excluding hydrogens is 478 g/mol. The van der Waals surface area contributed by atoms with E-state index in [1.54, 1.807) is 5.32 Å². The van der Waals surface area contributed by atoms with Crippen LogP contribution in [0.3, 0.4) is 0 Å². The number of rotatable bonds is 4. The van der Waals surface area contributed by atoms with Gasteiger partial charge in [0.2, 0.25) is 5.88 Å². The lowest BCUT2D eigenvalue weighted by molar-refractivity contribution is -0.164. The molecule has 2 N–H and O–H groups in total. The fourth-order valence-electron chi connectivity index (χ4n) is 3.51. The normalized spacial score (nSPS) is 20.1. The van der Waals surface area contributed by atoms with Crippen LogP contribution in [0.15, 0.2) is 46.2 Å². The van der Waals surface area contributed by atoms with Crippen molar-refractivity contribution in [2.24, 2.45) is 4.99 Å². The molecule has 10 nitrogen and oxygen atoms in total. The van der Waals surface area contributed by atoms with Crippen LogP contribution in [0.1, 0.15) is 18.9 Å².